The van der Waals surface area contributed by atoms with E-state index in [0.29, 0.717) is 0 Å². The Bertz CT molecular complexity index is 3410. The molecule has 1 aromatic heterocycles. The van der Waals surface area contributed by atoms with Crippen LogP contribution in [0.3, 0.4) is 0 Å². The molecule has 1 heteroatoms. The van der Waals surface area contributed by atoms with E-state index in [9.17, 15) is 0 Å². The minimum atomic E-state index is -0.592. The summed E-state index contributed by atoms with van der Waals surface area (Å²) in [5, 5.41) is 2.56. The zero-order valence-corrected chi connectivity index (χ0v) is 31.0. The minimum Gasteiger partial charge on any atom is -0.309 e. The van der Waals surface area contributed by atoms with Crippen LogP contribution in [-0.4, -0.2) is 4.57 Å². The molecule has 7 aromatic carbocycles. The number of hydrogen-bond acceptors (Lipinski definition) is 0. The van der Waals surface area contributed by atoms with E-state index in [1.165, 1.54) is 117 Å². The summed E-state index contributed by atoms with van der Waals surface area (Å²) in [5.74, 6) is 0. The van der Waals surface area contributed by atoms with Gasteiger partial charge in [0.25, 0.3) is 0 Å². The highest BCUT2D eigenvalue weighted by Crippen LogP contribution is 2.66. The molecule has 0 amide bonds. The average Bonchev–Trinajstić information content (AvgIpc) is 3.94. The second-order valence-electron chi connectivity index (χ2n) is 16.2. The SMILES string of the molecule is C1=CC2=C3/C=C/C=C\C4=C(C=C1)n1c5ccccc5c5cccc(c51)C41c4ccccc4-c4cccc(c41)-c1ccc4c(c1)C3(c1ccccc12)c1ccccc1-4. The Kier molecular flexibility index (Phi) is 5.45. The molecule has 2 heterocycles. The zero-order valence-electron chi connectivity index (χ0n) is 31.0. The lowest BCUT2D eigenvalue weighted by Crippen LogP contribution is -2.34. The van der Waals surface area contributed by atoms with Crippen LogP contribution in [0.1, 0.15) is 38.9 Å². The van der Waals surface area contributed by atoms with Crippen molar-refractivity contribution in [2.45, 2.75) is 10.8 Å². The summed E-state index contributed by atoms with van der Waals surface area (Å²) in [6, 6.07) is 57.9. The number of fused-ring (bicyclic) bond motifs is 13. The molecule has 8 aromatic rings. The van der Waals surface area contributed by atoms with Crippen LogP contribution in [0.25, 0.3) is 66.5 Å². The number of benzene rings is 7. The van der Waals surface area contributed by atoms with Gasteiger partial charge in [-0.2, -0.15) is 0 Å². The van der Waals surface area contributed by atoms with Crippen LogP contribution in [0.2, 0.25) is 0 Å². The molecular weight excluding hydrogens is 687 g/mol. The number of aromatic nitrogens is 1. The Balaban J connectivity index is 1.24. The summed E-state index contributed by atoms with van der Waals surface area (Å²) in [6.45, 7) is 0. The lowest BCUT2D eigenvalue weighted by atomic mass is 9.63. The Hall–Kier alpha value is -7.22. The van der Waals surface area contributed by atoms with Crippen molar-refractivity contribution >= 4 is 33.1 Å². The van der Waals surface area contributed by atoms with E-state index < -0.39 is 10.8 Å². The fourth-order valence-electron chi connectivity index (χ4n) is 12.1. The predicted octanol–water partition coefficient (Wildman–Crippen LogP) is 13.3. The quantitative estimate of drug-likeness (QED) is 0.147. The topological polar surface area (TPSA) is 4.93 Å². The molecule has 14 rings (SSSR count). The van der Waals surface area contributed by atoms with Crippen LogP contribution < -0.4 is 0 Å². The number of rotatable bonds is 0. The molecule has 2 spiro atoms. The van der Waals surface area contributed by atoms with Gasteiger partial charge in [-0.3, -0.25) is 0 Å². The lowest BCUT2D eigenvalue weighted by molar-refractivity contribution is 0.758. The van der Waals surface area contributed by atoms with Crippen molar-refractivity contribution in [2.24, 2.45) is 0 Å². The van der Waals surface area contributed by atoms with Crippen molar-refractivity contribution < 1.29 is 0 Å². The number of hydrogen-bond donors (Lipinski definition) is 0. The summed E-state index contributed by atoms with van der Waals surface area (Å²) in [7, 11) is 0. The molecule has 4 bridgehead atoms. The maximum absolute atomic E-state index is 2.56. The van der Waals surface area contributed by atoms with E-state index in [0.717, 1.165) is 0 Å². The third kappa shape index (κ3) is 3.30. The molecule has 6 aliphatic rings. The molecule has 262 valence electrons. The van der Waals surface area contributed by atoms with E-state index in [1.54, 1.807) is 0 Å². The summed E-state index contributed by atoms with van der Waals surface area (Å²) < 4.78 is 2.55. The van der Waals surface area contributed by atoms with Crippen molar-refractivity contribution in [3.05, 3.63) is 250 Å². The van der Waals surface area contributed by atoms with Gasteiger partial charge < -0.3 is 4.57 Å². The molecule has 0 N–H and O–H groups in total. The average molecular weight is 720 g/mol. The molecule has 5 aliphatic carbocycles. The monoisotopic (exact) mass is 719 g/mol. The molecule has 0 fully saturated rings. The largest absolute Gasteiger partial charge is 0.309 e. The summed E-state index contributed by atoms with van der Waals surface area (Å²) in [5.41, 5.74) is 23.7. The van der Waals surface area contributed by atoms with Crippen molar-refractivity contribution in [1.82, 2.24) is 4.57 Å². The molecule has 1 nitrogen and oxygen atoms in total. The third-order valence-electron chi connectivity index (χ3n) is 14.0. The van der Waals surface area contributed by atoms with Gasteiger partial charge in [-0.25, -0.2) is 0 Å². The highest BCUT2D eigenvalue weighted by atomic mass is 15.0. The minimum absolute atomic E-state index is 0.469. The molecule has 57 heavy (non-hydrogen) atoms. The molecule has 1 aliphatic heterocycles. The second-order valence-corrected chi connectivity index (χ2v) is 16.2. The number of allylic oxidation sites excluding steroid dienone is 12. The maximum Gasteiger partial charge on any atom is 0.0760 e. The number of para-hydroxylation sites is 2. The van der Waals surface area contributed by atoms with Gasteiger partial charge in [-0.05, 0) is 107 Å². The van der Waals surface area contributed by atoms with Crippen molar-refractivity contribution in [3.63, 3.8) is 0 Å². The first-order valence-corrected chi connectivity index (χ1v) is 20.1. The Morgan fingerprint density at radius 1 is 0.368 bits per heavy atom. The van der Waals surface area contributed by atoms with Crippen molar-refractivity contribution in [2.75, 3.05) is 0 Å². The number of nitrogens with zero attached hydrogens (tertiary/aromatic N) is 1. The van der Waals surface area contributed by atoms with Gasteiger partial charge in [0.15, 0.2) is 0 Å². The van der Waals surface area contributed by atoms with Gasteiger partial charge in [-0.15, -0.1) is 0 Å². The van der Waals surface area contributed by atoms with Crippen LogP contribution in [0.5, 0.6) is 0 Å². The standard InChI is InChI=1S/C56H33N/c1-6-23-44-36(15-1)37-17-4-12-30-52-48-27-10-9-25-45(37)55(44)46-24-7-2-16-38(46)40-32-31-34(33-50(40)55)35-20-13-21-42-39-18-3-8-26-47(39)56(48,53(35)42)49-28-14-22-43-41-19-5-11-29-51(41)57(52)54(43)49/h1-33H/b10-9?,12-4?,17-4?,25-9+,27-10-,30-12?,37-17?,45-25?,48-27?,52-30?. The fourth-order valence-corrected chi connectivity index (χ4v) is 12.1. The normalized spacial score (nSPS) is 21.8. The predicted molar refractivity (Wildman–Crippen MR) is 235 cm³/mol. The first kappa shape index (κ1) is 30.1. The van der Waals surface area contributed by atoms with E-state index in [2.05, 4.69) is 205 Å². The van der Waals surface area contributed by atoms with Gasteiger partial charge in [0.05, 0.1) is 27.6 Å². The van der Waals surface area contributed by atoms with Gasteiger partial charge >= 0.3 is 0 Å². The Labute approximate surface area is 330 Å². The summed E-state index contributed by atoms with van der Waals surface area (Å²) >= 11 is 0. The van der Waals surface area contributed by atoms with Crippen molar-refractivity contribution in [3.8, 4) is 33.4 Å². The zero-order chi connectivity index (χ0) is 37.0. The van der Waals surface area contributed by atoms with Crippen LogP contribution >= 0.6 is 0 Å². The smallest absolute Gasteiger partial charge is 0.0760 e. The molecule has 0 saturated heterocycles. The third-order valence-corrected chi connectivity index (χ3v) is 14.0. The fraction of sp³-hybridized carbons (Fsp3) is 0.0357. The van der Waals surface area contributed by atoms with E-state index in [4.69, 9.17) is 0 Å². The lowest BCUT2D eigenvalue weighted by Gasteiger charge is -2.41. The second kappa shape index (κ2) is 10.3. The summed E-state index contributed by atoms with van der Waals surface area (Å²) in [6.07, 6.45) is 18.8. The molecule has 2 atom stereocenters. The van der Waals surface area contributed by atoms with Crippen LogP contribution in [0, 0.1) is 0 Å². The van der Waals surface area contributed by atoms with E-state index in [1.807, 2.05) is 0 Å². The van der Waals surface area contributed by atoms with Gasteiger partial charge in [0, 0.05) is 10.8 Å². The Morgan fingerprint density at radius 3 is 1.81 bits per heavy atom. The van der Waals surface area contributed by atoms with Gasteiger partial charge in [-0.1, -0.05) is 182 Å². The van der Waals surface area contributed by atoms with E-state index >= 15 is 0 Å². The first-order valence-electron chi connectivity index (χ1n) is 20.1. The van der Waals surface area contributed by atoms with E-state index in [-0.39, 0.29) is 0 Å². The Morgan fingerprint density at radius 2 is 0.947 bits per heavy atom. The highest BCUT2D eigenvalue weighted by Gasteiger charge is 2.54. The molecule has 0 saturated carbocycles. The van der Waals surface area contributed by atoms with Crippen molar-refractivity contribution in [1.29, 1.82) is 0 Å². The first-order chi connectivity index (χ1) is 28.3. The van der Waals surface area contributed by atoms with Crippen LogP contribution in [0.15, 0.2) is 211 Å². The highest BCUT2D eigenvalue weighted by molar-refractivity contribution is 6.15. The van der Waals surface area contributed by atoms with Gasteiger partial charge in [0.1, 0.15) is 0 Å². The molecular formula is C56H33N. The summed E-state index contributed by atoms with van der Waals surface area (Å²) in [4.78, 5) is 0. The molecule has 0 radical (unpaired) electrons. The maximum atomic E-state index is 2.56. The van der Waals surface area contributed by atoms with Gasteiger partial charge in [0.2, 0.25) is 0 Å². The van der Waals surface area contributed by atoms with Crippen LogP contribution in [0.4, 0.5) is 0 Å². The molecule has 2 unspecified atom stereocenters. The van der Waals surface area contributed by atoms with Crippen LogP contribution in [-0.2, 0) is 10.8 Å².